The van der Waals surface area contributed by atoms with E-state index in [1.165, 1.54) is 0 Å². The molecule has 0 aromatic carbocycles. The van der Waals surface area contributed by atoms with Crippen molar-refractivity contribution in [3.05, 3.63) is 0 Å². The van der Waals surface area contributed by atoms with Gasteiger partial charge in [-0.1, -0.05) is 0 Å². The number of aliphatic hydroxyl groups is 1. The van der Waals surface area contributed by atoms with Crippen LogP contribution < -0.4 is 21.9 Å². The molecule has 0 amide bonds. The predicted molar refractivity (Wildman–Crippen MR) is 47.1 cm³/mol. The Balaban J connectivity index is 0. The van der Waals surface area contributed by atoms with Gasteiger partial charge in [0, 0.05) is 33.3 Å². The summed E-state index contributed by atoms with van der Waals surface area (Å²) in [7, 11) is 2.93. The van der Waals surface area contributed by atoms with Crippen LogP contribution in [0, 0.1) is 0 Å². The Hall–Kier alpha value is -0.200. The number of hydrogen-bond donors (Lipinski definition) is 5. The van der Waals surface area contributed by atoms with E-state index in [1.807, 2.05) is 7.05 Å². The van der Waals surface area contributed by atoms with E-state index < -0.39 is 0 Å². The van der Waals surface area contributed by atoms with Crippen molar-refractivity contribution in [3.63, 3.8) is 0 Å². The third-order valence-electron chi connectivity index (χ3n) is 0.998. The molecule has 0 atom stereocenters. The van der Waals surface area contributed by atoms with E-state index in [1.54, 1.807) is 0 Å². The van der Waals surface area contributed by atoms with Crippen LogP contribution in [0.1, 0.15) is 0 Å². The number of nitrogens with one attached hydrogen (secondary N) is 3. The van der Waals surface area contributed by atoms with Crippen LogP contribution in [0.2, 0.25) is 0 Å². The molecule has 0 rings (SSSR count). The molecule has 0 fully saturated rings. The maximum Gasteiger partial charge on any atom is 0.0319 e. The van der Waals surface area contributed by atoms with Crippen molar-refractivity contribution in [2.75, 3.05) is 40.3 Å². The second-order valence-corrected chi connectivity index (χ2v) is 1.81. The van der Waals surface area contributed by atoms with E-state index in [2.05, 4.69) is 16.1 Å². The molecule has 0 unspecified atom stereocenters. The first-order chi connectivity index (χ1) is 5.41. The normalized spacial score (nSPS) is 8.73. The summed E-state index contributed by atoms with van der Waals surface area (Å²) >= 11 is 0. The van der Waals surface area contributed by atoms with E-state index in [0.29, 0.717) is 0 Å². The minimum Gasteiger partial charge on any atom is -0.400 e. The van der Waals surface area contributed by atoms with Gasteiger partial charge in [0.1, 0.15) is 0 Å². The van der Waals surface area contributed by atoms with Crippen LogP contribution in [-0.4, -0.2) is 45.4 Å². The van der Waals surface area contributed by atoms with E-state index in [4.69, 9.17) is 10.9 Å². The maximum atomic E-state index is 7.00. The summed E-state index contributed by atoms with van der Waals surface area (Å²) in [5.41, 5.74) is 2.56. The summed E-state index contributed by atoms with van der Waals surface area (Å²) in [4.78, 5) is 0. The summed E-state index contributed by atoms with van der Waals surface area (Å²) in [5, 5.41) is 13.2. The van der Waals surface area contributed by atoms with E-state index in [9.17, 15) is 0 Å². The Kier molecular flexibility index (Phi) is 20.0. The molecule has 0 aromatic heterocycles. The molecule has 0 spiro atoms. The highest BCUT2D eigenvalue weighted by molar-refractivity contribution is 4.48. The summed E-state index contributed by atoms with van der Waals surface area (Å²) < 4.78 is 0. The molecule has 0 saturated heterocycles. The van der Waals surface area contributed by atoms with Crippen LogP contribution >= 0.6 is 0 Å². The second-order valence-electron chi connectivity index (χ2n) is 1.81. The van der Waals surface area contributed by atoms with E-state index in [0.717, 1.165) is 33.3 Å². The molecule has 5 nitrogen and oxygen atoms in total. The lowest BCUT2D eigenvalue weighted by molar-refractivity contribution is 0.399. The predicted octanol–water partition coefficient (Wildman–Crippen LogP) is -2.13. The van der Waals surface area contributed by atoms with Crippen LogP contribution in [0.3, 0.4) is 0 Å². The zero-order valence-corrected chi connectivity index (χ0v) is 7.35. The smallest absolute Gasteiger partial charge is 0.0319 e. The molecule has 5 heteroatoms. The molecule has 0 aliphatic carbocycles. The van der Waals surface area contributed by atoms with E-state index in [-0.39, 0.29) is 0 Å². The fraction of sp³-hybridized carbons (Fsp3) is 1.00. The Labute approximate surface area is 68.3 Å². The second kappa shape index (κ2) is 16.4. The minimum atomic E-state index is 0.823. The highest BCUT2D eigenvalue weighted by Crippen LogP contribution is 1.54. The van der Waals surface area contributed by atoms with Gasteiger partial charge in [0.05, 0.1) is 0 Å². The molecule has 0 aliphatic rings. The molecule has 0 saturated carbocycles. The quantitative estimate of drug-likeness (QED) is 0.176. The largest absolute Gasteiger partial charge is 0.400 e. The number of nitrogens with two attached hydrogens (primary N) is 1. The van der Waals surface area contributed by atoms with Crippen LogP contribution in [0.4, 0.5) is 0 Å². The van der Waals surface area contributed by atoms with Gasteiger partial charge < -0.3 is 15.7 Å². The van der Waals surface area contributed by atoms with Crippen LogP contribution in [0.25, 0.3) is 0 Å². The highest BCUT2D eigenvalue weighted by atomic mass is 16.2. The van der Waals surface area contributed by atoms with Gasteiger partial charge in [-0.2, -0.15) is 0 Å². The molecular formula is C6H20N4O. The van der Waals surface area contributed by atoms with Gasteiger partial charge >= 0.3 is 0 Å². The van der Waals surface area contributed by atoms with Gasteiger partial charge in [-0.3, -0.25) is 11.3 Å². The van der Waals surface area contributed by atoms with Gasteiger partial charge in [-0.25, -0.2) is 0 Å². The number of likely N-dealkylation sites (N-methyl/N-ethyl adjacent to an activating group) is 1. The lowest BCUT2D eigenvalue weighted by Gasteiger charge is -2.01. The lowest BCUT2D eigenvalue weighted by Crippen LogP contribution is -2.34. The van der Waals surface area contributed by atoms with Gasteiger partial charge in [-0.15, -0.1) is 0 Å². The van der Waals surface area contributed by atoms with E-state index >= 15 is 0 Å². The van der Waals surface area contributed by atoms with Crippen molar-refractivity contribution in [1.29, 1.82) is 0 Å². The van der Waals surface area contributed by atoms with Gasteiger partial charge in [0.25, 0.3) is 0 Å². The monoisotopic (exact) mass is 164 g/mol. The molecule has 11 heavy (non-hydrogen) atoms. The Morgan fingerprint density at radius 3 is 2.09 bits per heavy atom. The third kappa shape index (κ3) is 17.7. The first-order valence-electron chi connectivity index (χ1n) is 3.65. The Morgan fingerprint density at radius 2 is 1.64 bits per heavy atom. The number of hydrogen-bond acceptors (Lipinski definition) is 5. The minimum absolute atomic E-state index is 0.823. The standard InChI is InChI=1S/C5H16N4.CH4O/c1-7-2-3-8-4-5-9-6;1-2/h7-9H,2-6H2,1H3;2H,1H3. The number of aliphatic hydroxyl groups excluding tert-OH is 1. The maximum absolute atomic E-state index is 7.00. The summed E-state index contributed by atoms with van der Waals surface area (Å²) in [5.74, 6) is 5.04. The molecule has 70 valence electrons. The van der Waals surface area contributed by atoms with Crippen molar-refractivity contribution in [1.82, 2.24) is 16.1 Å². The zero-order valence-electron chi connectivity index (χ0n) is 7.35. The molecule has 0 heterocycles. The van der Waals surface area contributed by atoms with Crippen LogP contribution in [-0.2, 0) is 0 Å². The van der Waals surface area contributed by atoms with Crippen LogP contribution in [0.5, 0.6) is 0 Å². The van der Waals surface area contributed by atoms with Gasteiger partial charge in [0.2, 0.25) is 0 Å². The fourth-order valence-corrected chi connectivity index (χ4v) is 0.499. The molecular weight excluding hydrogens is 144 g/mol. The van der Waals surface area contributed by atoms with Gasteiger partial charge in [0.15, 0.2) is 0 Å². The number of hydrazine groups is 1. The molecule has 0 bridgehead atoms. The molecule has 0 aliphatic heterocycles. The first kappa shape index (κ1) is 13.4. The Bertz CT molecular complexity index is 47.8. The van der Waals surface area contributed by atoms with Gasteiger partial charge in [-0.05, 0) is 7.05 Å². The molecule has 0 radical (unpaired) electrons. The lowest BCUT2D eigenvalue weighted by atomic mass is 10.5. The van der Waals surface area contributed by atoms with Crippen LogP contribution in [0.15, 0.2) is 0 Å². The van der Waals surface area contributed by atoms with Crippen molar-refractivity contribution in [2.24, 2.45) is 5.84 Å². The number of rotatable bonds is 6. The summed E-state index contributed by atoms with van der Waals surface area (Å²) in [6.07, 6.45) is 0. The van der Waals surface area contributed by atoms with Crippen molar-refractivity contribution >= 4 is 0 Å². The average Bonchev–Trinajstić information content (AvgIpc) is 2.08. The van der Waals surface area contributed by atoms with Crippen molar-refractivity contribution in [2.45, 2.75) is 0 Å². The molecule has 6 N–H and O–H groups in total. The molecule has 0 aromatic rings. The summed E-state index contributed by atoms with van der Waals surface area (Å²) in [6, 6.07) is 0. The third-order valence-corrected chi connectivity index (χ3v) is 0.998. The topological polar surface area (TPSA) is 82.3 Å². The average molecular weight is 164 g/mol. The zero-order chi connectivity index (χ0) is 8.95. The highest BCUT2D eigenvalue weighted by Gasteiger charge is 1.81. The summed E-state index contributed by atoms with van der Waals surface area (Å²) in [6.45, 7) is 3.75. The SMILES string of the molecule is CNCCNCCNN.CO. The Morgan fingerprint density at radius 1 is 1.09 bits per heavy atom. The first-order valence-corrected chi connectivity index (χ1v) is 3.65. The van der Waals surface area contributed by atoms with Crippen molar-refractivity contribution < 1.29 is 5.11 Å². The van der Waals surface area contributed by atoms with Crippen molar-refractivity contribution in [3.8, 4) is 0 Å². The fourth-order valence-electron chi connectivity index (χ4n) is 0.499.